The van der Waals surface area contributed by atoms with Crippen LogP contribution in [0.1, 0.15) is 23.7 Å². The quantitative estimate of drug-likeness (QED) is 0.686. The molecule has 3 rings (SSSR count). The summed E-state index contributed by atoms with van der Waals surface area (Å²) in [7, 11) is 1.64. The van der Waals surface area contributed by atoms with Crippen LogP contribution in [0, 0.1) is 0 Å². The molecule has 0 spiro atoms. The Kier molecular flexibility index (Phi) is 5.02. The lowest BCUT2D eigenvalue weighted by Crippen LogP contribution is -2.16. The van der Waals surface area contributed by atoms with Crippen molar-refractivity contribution in [2.24, 2.45) is 4.99 Å². The van der Waals surface area contributed by atoms with Crippen molar-refractivity contribution in [3.05, 3.63) is 57.9 Å². The first-order chi connectivity index (χ1) is 11.6. The third kappa shape index (κ3) is 3.37. The molecule has 4 nitrogen and oxygen atoms in total. The minimum Gasteiger partial charge on any atom is -0.497 e. The Bertz CT molecular complexity index is 959. The van der Waals surface area contributed by atoms with E-state index in [4.69, 9.17) is 16.3 Å². The molecule has 6 heteroatoms. The third-order valence-electron chi connectivity index (χ3n) is 3.61. The summed E-state index contributed by atoms with van der Waals surface area (Å²) in [6.07, 6.45) is 0.946. The number of rotatable bonds is 4. The van der Waals surface area contributed by atoms with Gasteiger partial charge in [-0.2, -0.15) is 4.99 Å². The van der Waals surface area contributed by atoms with Gasteiger partial charge in [-0.15, -0.1) is 0 Å². The lowest BCUT2D eigenvalue weighted by molar-refractivity contribution is 0.0998. The number of ether oxygens (including phenoxy) is 1. The van der Waals surface area contributed by atoms with Crippen LogP contribution >= 0.6 is 22.9 Å². The number of aromatic nitrogens is 1. The molecule has 2 aromatic carbocycles. The average Bonchev–Trinajstić information content (AvgIpc) is 2.92. The molecule has 124 valence electrons. The predicted octanol–water partition coefficient (Wildman–Crippen LogP) is 4.52. The SMILES string of the molecule is CCCn1c(=NC(=O)c2cccc(Cl)c2)sc2ccc(OC)cc21. The Hall–Kier alpha value is -2.11. The highest BCUT2D eigenvalue weighted by Gasteiger charge is 2.10. The number of aryl methyl sites for hydroxylation is 1. The summed E-state index contributed by atoms with van der Waals surface area (Å²) in [6, 6.07) is 12.7. The molecule has 0 unspecified atom stereocenters. The largest absolute Gasteiger partial charge is 0.497 e. The van der Waals surface area contributed by atoms with Crippen LogP contribution in [0.25, 0.3) is 10.2 Å². The second-order valence-corrected chi connectivity index (χ2v) is 6.74. The number of carbonyl (C=O) groups is 1. The third-order valence-corrected chi connectivity index (χ3v) is 4.90. The van der Waals surface area contributed by atoms with Crippen molar-refractivity contribution >= 4 is 39.1 Å². The number of amides is 1. The summed E-state index contributed by atoms with van der Waals surface area (Å²) >= 11 is 7.46. The molecule has 0 aliphatic carbocycles. The van der Waals surface area contributed by atoms with Crippen LogP contribution in [0.15, 0.2) is 47.5 Å². The van der Waals surface area contributed by atoms with E-state index in [1.54, 1.807) is 31.4 Å². The van der Waals surface area contributed by atoms with E-state index in [1.807, 2.05) is 18.2 Å². The van der Waals surface area contributed by atoms with E-state index < -0.39 is 0 Å². The van der Waals surface area contributed by atoms with E-state index in [-0.39, 0.29) is 5.91 Å². The molecule has 24 heavy (non-hydrogen) atoms. The number of methoxy groups -OCH3 is 1. The molecule has 0 saturated carbocycles. The monoisotopic (exact) mass is 360 g/mol. The Labute approximate surface area is 149 Å². The van der Waals surface area contributed by atoms with E-state index in [2.05, 4.69) is 16.5 Å². The van der Waals surface area contributed by atoms with E-state index in [0.717, 1.165) is 28.9 Å². The minimum atomic E-state index is -0.291. The van der Waals surface area contributed by atoms with Crippen molar-refractivity contribution < 1.29 is 9.53 Å². The summed E-state index contributed by atoms with van der Waals surface area (Å²) in [5.41, 5.74) is 1.51. The van der Waals surface area contributed by atoms with E-state index in [9.17, 15) is 4.79 Å². The molecular weight excluding hydrogens is 344 g/mol. The van der Waals surface area contributed by atoms with Gasteiger partial charge in [0, 0.05) is 23.2 Å². The molecule has 0 N–H and O–H groups in total. The molecule has 0 fully saturated rings. The molecule has 1 heterocycles. The standard InChI is InChI=1S/C18H17ClN2O2S/c1-3-9-21-15-11-14(23-2)7-8-16(15)24-18(21)20-17(22)12-5-4-6-13(19)10-12/h4-8,10-11H,3,9H2,1-2H3. The maximum absolute atomic E-state index is 12.5. The van der Waals surface area contributed by atoms with Gasteiger partial charge in [0.2, 0.25) is 0 Å². The van der Waals surface area contributed by atoms with Gasteiger partial charge in [0.25, 0.3) is 5.91 Å². The second kappa shape index (κ2) is 7.20. The number of benzene rings is 2. The highest BCUT2D eigenvalue weighted by atomic mass is 35.5. The molecule has 0 aliphatic rings. The van der Waals surface area contributed by atoms with Crippen molar-refractivity contribution in [2.75, 3.05) is 7.11 Å². The molecule has 0 radical (unpaired) electrons. The first-order valence-electron chi connectivity index (χ1n) is 7.64. The number of carbonyl (C=O) groups excluding carboxylic acids is 1. The van der Waals surface area contributed by atoms with Gasteiger partial charge >= 0.3 is 0 Å². The van der Waals surface area contributed by atoms with Crippen molar-refractivity contribution in [1.82, 2.24) is 4.57 Å². The highest BCUT2D eigenvalue weighted by Crippen LogP contribution is 2.23. The van der Waals surface area contributed by atoms with E-state index in [1.165, 1.54) is 11.3 Å². The van der Waals surface area contributed by atoms with E-state index >= 15 is 0 Å². The summed E-state index contributed by atoms with van der Waals surface area (Å²) < 4.78 is 8.44. The highest BCUT2D eigenvalue weighted by molar-refractivity contribution is 7.16. The topological polar surface area (TPSA) is 43.6 Å². The van der Waals surface area contributed by atoms with Gasteiger partial charge in [0.05, 0.1) is 17.3 Å². The lowest BCUT2D eigenvalue weighted by atomic mass is 10.2. The van der Waals surface area contributed by atoms with Crippen LogP contribution in [0.5, 0.6) is 5.75 Å². The molecule has 0 atom stereocenters. The maximum Gasteiger partial charge on any atom is 0.279 e. The molecule has 3 aromatic rings. The second-order valence-electron chi connectivity index (χ2n) is 5.30. The summed E-state index contributed by atoms with van der Waals surface area (Å²) in [4.78, 5) is 17.5. The Morgan fingerprint density at radius 2 is 2.12 bits per heavy atom. The number of hydrogen-bond acceptors (Lipinski definition) is 3. The van der Waals surface area contributed by atoms with Gasteiger partial charge in [-0.1, -0.05) is 35.9 Å². The van der Waals surface area contributed by atoms with Crippen LogP contribution in [-0.2, 0) is 6.54 Å². The fourth-order valence-corrected chi connectivity index (χ4v) is 3.70. The van der Waals surface area contributed by atoms with Gasteiger partial charge in [-0.05, 0) is 36.8 Å². The van der Waals surface area contributed by atoms with Crippen molar-refractivity contribution in [1.29, 1.82) is 0 Å². The maximum atomic E-state index is 12.5. The molecule has 0 bridgehead atoms. The van der Waals surface area contributed by atoms with Crippen LogP contribution < -0.4 is 9.54 Å². The van der Waals surface area contributed by atoms with E-state index in [0.29, 0.717) is 15.4 Å². The number of halogens is 1. The van der Waals surface area contributed by atoms with Gasteiger partial charge < -0.3 is 9.30 Å². The summed E-state index contributed by atoms with van der Waals surface area (Å²) in [5.74, 6) is 0.499. The molecule has 1 amide bonds. The zero-order valence-corrected chi connectivity index (χ0v) is 15.0. The van der Waals surface area contributed by atoms with Gasteiger partial charge in [0.1, 0.15) is 5.75 Å². The predicted molar refractivity (Wildman–Crippen MR) is 98.0 cm³/mol. The molecular formula is C18H17ClN2O2S. The van der Waals surface area contributed by atoms with Crippen LogP contribution in [-0.4, -0.2) is 17.6 Å². The molecule has 1 aromatic heterocycles. The van der Waals surface area contributed by atoms with Gasteiger partial charge in [-0.25, -0.2) is 0 Å². The van der Waals surface area contributed by atoms with Crippen molar-refractivity contribution in [3.63, 3.8) is 0 Å². The fourth-order valence-electron chi connectivity index (χ4n) is 2.47. The summed E-state index contributed by atoms with van der Waals surface area (Å²) in [6.45, 7) is 2.88. The minimum absolute atomic E-state index is 0.291. The normalized spacial score (nSPS) is 11.9. The Morgan fingerprint density at radius 3 is 2.83 bits per heavy atom. The smallest absolute Gasteiger partial charge is 0.279 e. The number of fused-ring (bicyclic) bond motifs is 1. The number of nitrogens with zero attached hydrogens (tertiary/aromatic N) is 2. The Balaban J connectivity index is 2.13. The first kappa shape index (κ1) is 16.7. The first-order valence-corrected chi connectivity index (χ1v) is 8.84. The summed E-state index contributed by atoms with van der Waals surface area (Å²) in [5, 5.41) is 0.526. The van der Waals surface area contributed by atoms with Crippen LogP contribution in [0.4, 0.5) is 0 Å². The van der Waals surface area contributed by atoms with Crippen molar-refractivity contribution in [3.8, 4) is 5.75 Å². The molecule has 0 aliphatic heterocycles. The fraction of sp³-hybridized carbons (Fsp3) is 0.222. The lowest BCUT2D eigenvalue weighted by Gasteiger charge is -2.04. The van der Waals surface area contributed by atoms with Crippen LogP contribution in [0.2, 0.25) is 5.02 Å². The van der Waals surface area contributed by atoms with Gasteiger partial charge in [0.15, 0.2) is 4.80 Å². The number of thiazole rings is 1. The zero-order chi connectivity index (χ0) is 17.1. The van der Waals surface area contributed by atoms with Gasteiger partial charge in [-0.3, -0.25) is 4.79 Å². The number of hydrogen-bond donors (Lipinski definition) is 0. The molecule has 0 saturated heterocycles. The van der Waals surface area contributed by atoms with Crippen LogP contribution in [0.3, 0.4) is 0 Å². The zero-order valence-electron chi connectivity index (χ0n) is 13.5. The average molecular weight is 361 g/mol. The van der Waals surface area contributed by atoms with Crippen molar-refractivity contribution in [2.45, 2.75) is 19.9 Å². The Morgan fingerprint density at radius 1 is 1.29 bits per heavy atom.